The minimum atomic E-state index is -3.73. The number of halogens is 2. The summed E-state index contributed by atoms with van der Waals surface area (Å²) in [6.07, 6.45) is 1.30. The van der Waals surface area contributed by atoms with Gasteiger partial charge in [0.15, 0.2) is 9.84 Å². The van der Waals surface area contributed by atoms with E-state index in [1.54, 1.807) is 18.2 Å². The monoisotopic (exact) mass is 538 g/mol. The highest BCUT2D eigenvalue weighted by Gasteiger charge is 2.20. The minimum absolute atomic E-state index is 0.0554. The Morgan fingerprint density at radius 2 is 1.86 bits per heavy atom. The van der Waals surface area contributed by atoms with Crippen LogP contribution < -0.4 is 10.3 Å². The molecular weight excluding hydrogens is 519 g/mol. The number of pyridine rings is 1. The fourth-order valence-electron chi connectivity index (χ4n) is 4.17. The van der Waals surface area contributed by atoms with E-state index in [0.29, 0.717) is 21.5 Å². The van der Waals surface area contributed by atoms with Crippen LogP contribution in [0.25, 0.3) is 27.7 Å². The van der Waals surface area contributed by atoms with Crippen LogP contribution in [-0.4, -0.2) is 25.3 Å². The van der Waals surface area contributed by atoms with Gasteiger partial charge in [0.1, 0.15) is 23.6 Å². The third-order valence-electron chi connectivity index (χ3n) is 6.03. The molecule has 37 heavy (non-hydrogen) atoms. The van der Waals surface area contributed by atoms with E-state index in [2.05, 4.69) is 5.16 Å². The fourth-order valence-corrected chi connectivity index (χ4v) is 5.58. The smallest absolute Gasteiger partial charge is 0.255 e. The molecule has 2 heterocycles. The highest BCUT2D eigenvalue weighted by atomic mass is 35.5. The van der Waals surface area contributed by atoms with E-state index in [9.17, 15) is 13.2 Å². The second-order valence-electron chi connectivity index (χ2n) is 8.45. The molecule has 10 heteroatoms. The van der Waals surface area contributed by atoms with Crippen molar-refractivity contribution < 1.29 is 22.1 Å². The molecule has 0 N–H and O–H groups in total. The molecule has 0 aliphatic rings. The third-order valence-corrected chi connectivity index (χ3v) is 8.10. The molecule has 0 saturated carbocycles. The van der Waals surface area contributed by atoms with Crippen molar-refractivity contribution in [2.75, 3.05) is 7.11 Å². The molecule has 0 fully saturated rings. The summed E-state index contributed by atoms with van der Waals surface area (Å²) in [4.78, 5) is 13.0. The summed E-state index contributed by atoms with van der Waals surface area (Å²) in [5.74, 6) is -0.631. The number of nitrogens with zero attached hydrogens (tertiary/aromatic N) is 2. The molecule has 0 saturated heterocycles. The van der Waals surface area contributed by atoms with Crippen LogP contribution in [0.5, 0.6) is 5.75 Å². The Hall–Kier alpha value is -3.95. The summed E-state index contributed by atoms with van der Waals surface area (Å²) >= 11 is 6.12. The number of hydrogen-bond acceptors (Lipinski definition) is 6. The fraction of sp³-hybridized carbons (Fsp3) is 0.111. The summed E-state index contributed by atoms with van der Waals surface area (Å²) in [7, 11) is -2.30. The molecule has 0 atom stereocenters. The quantitative estimate of drug-likeness (QED) is 0.274. The third kappa shape index (κ3) is 4.63. The maximum absolute atomic E-state index is 15.4. The number of methoxy groups -OCH3 is 1. The van der Waals surface area contributed by atoms with Crippen molar-refractivity contribution in [2.24, 2.45) is 0 Å². The lowest BCUT2D eigenvalue weighted by Gasteiger charge is -2.17. The van der Waals surface area contributed by atoms with Crippen molar-refractivity contribution in [3.8, 4) is 22.6 Å². The minimum Gasteiger partial charge on any atom is -0.495 e. The van der Waals surface area contributed by atoms with Crippen molar-refractivity contribution in [3.05, 3.63) is 105 Å². The summed E-state index contributed by atoms with van der Waals surface area (Å²) in [5, 5.41) is 4.70. The lowest BCUT2D eigenvalue weighted by Crippen LogP contribution is -2.18. The van der Waals surface area contributed by atoms with Crippen molar-refractivity contribution >= 4 is 32.3 Å². The van der Waals surface area contributed by atoms with Crippen molar-refractivity contribution in [2.45, 2.75) is 17.6 Å². The summed E-state index contributed by atoms with van der Waals surface area (Å²) in [5.41, 5.74) is 2.11. The first-order valence-corrected chi connectivity index (χ1v) is 13.1. The van der Waals surface area contributed by atoms with Gasteiger partial charge in [-0.15, -0.1) is 0 Å². The average Bonchev–Trinajstić information content (AvgIpc) is 3.37. The first-order valence-electron chi connectivity index (χ1n) is 11.1. The Morgan fingerprint density at radius 1 is 1.05 bits per heavy atom. The van der Waals surface area contributed by atoms with Crippen LogP contribution in [0.2, 0.25) is 5.02 Å². The molecule has 0 aliphatic carbocycles. The number of ether oxygens (including phenoxy) is 1. The molecule has 0 aliphatic heterocycles. The summed E-state index contributed by atoms with van der Waals surface area (Å²) in [6, 6.07) is 16.6. The molecule has 0 unspecified atom stereocenters. The highest BCUT2D eigenvalue weighted by molar-refractivity contribution is 7.90. The second kappa shape index (κ2) is 9.49. The number of sulfone groups is 1. The van der Waals surface area contributed by atoms with Gasteiger partial charge in [0.25, 0.3) is 5.56 Å². The van der Waals surface area contributed by atoms with Gasteiger partial charge in [0, 0.05) is 34.2 Å². The van der Waals surface area contributed by atoms with Gasteiger partial charge in [-0.05, 0) is 60.5 Å². The van der Waals surface area contributed by atoms with Crippen LogP contribution in [-0.2, 0) is 15.6 Å². The van der Waals surface area contributed by atoms with Gasteiger partial charge < -0.3 is 9.26 Å². The molecule has 5 rings (SSSR count). The predicted octanol–water partition coefficient (Wildman–Crippen LogP) is 5.73. The van der Waals surface area contributed by atoms with Crippen molar-refractivity contribution in [1.82, 2.24) is 9.72 Å². The summed E-state index contributed by atoms with van der Waals surface area (Å²) < 4.78 is 52.8. The first kappa shape index (κ1) is 24.7. The van der Waals surface area contributed by atoms with Crippen molar-refractivity contribution in [3.63, 3.8) is 0 Å². The van der Waals surface area contributed by atoms with Gasteiger partial charge in [-0.2, -0.15) is 0 Å². The number of rotatable bonds is 6. The Labute approximate surface area is 216 Å². The number of benzene rings is 3. The number of hydrogen-bond donors (Lipinski definition) is 0. The van der Waals surface area contributed by atoms with Crippen LogP contribution in [0.15, 0.2) is 87.2 Å². The van der Waals surface area contributed by atoms with Crippen molar-refractivity contribution in [1.29, 1.82) is 0 Å². The normalized spacial score (nSPS) is 11.7. The van der Waals surface area contributed by atoms with E-state index in [4.69, 9.17) is 20.9 Å². The zero-order valence-corrected chi connectivity index (χ0v) is 21.3. The second-order valence-corrected chi connectivity index (χ2v) is 10.8. The highest BCUT2D eigenvalue weighted by Crippen LogP contribution is 2.35. The van der Waals surface area contributed by atoms with E-state index in [1.165, 1.54) is 66.5 Å². The molecule has 2 aromatic heterocycles. The lowest BCUT2D eigenvalue weighted by atomic mass is 10.0. The molecular formula is C27H20ClFN2O5S. The maximum Gasteiger partial charge on any atom is 0.255 e. The Kier molecular flexibility index (Phi) is 6.35. The standard InChI is InChI=1S/C27H20ClFN2O5S/c1-16-11-17(3-6-22(16)28)21-13-26(35-2)25(14-23(21)29)31-24-7-5-20(12-18(24)4-8-27(31)32)37(33,34)15-19-9-10-36-30-19/h3-14H,15H2,1-2H3. The van der Waals surface area contributed by atoms with Gasteiger partial charge in [0.2, 0.25) is 0 Å². The largest absolute Gasteiger partial charge is 0.495 e. The zero-order valence-electron chi connectivity index (χ0n) is 19.7. The Morgan fingerprint density at radius 3 is 2.57 bits per heavy atom. The lowest BCUT2D eigenvalue weighted by molar-refractivity contribution is 0.412. The maximum atomic E-state index is 15.4. The zero-order chi connectivity index (χ0) is 26.3. The van der Waals surface area contributed by atoms with Gasteiger partial charge in [-0.25, -0.2) is 12.8 Å². The molecule has 5 aromatic rings. The first-order chi connectivity index (χ1) is 17.7. The topological polar surface area (TPSA) is 91.4 Å². The Balaban J connectivity index is 1.64. The van der Waals surface area contributed by atoms with Gasteiger partial charge in [0.05, 0.1) is 28.9 Å². The molecule has 0 bridgehead atoms. The summed E-state index contributed by atoms with van der Waals surface area (Å²) in [6.45, 7) is 1.82. The average molecular weight is 539 g/mol. The molecule has 0 spiro atoms. The molecule has 188 valence electrons. The number of aryl methyl sites for hydroxylation is 1. The predicted molar refractivity (Wildman–Crippen MR) is 139 cm³/mol. The molecule has 7 nitrogen and oxygen atoms in total. The molecule has 0 amide bonds. The van der Waals surface area contributed by atoms with Gasteiger partial charge >= 0.3 is 0 Å². The number of aromatic nitrogens is 2. The molecule has 3 aromatic carbocycles. The van der Waals surface area contributed by atoms with E-state index in [-0.39, 0.29) is 33.3 Å². The SMILES string of the molecule is COc1cc(-c2ccc(Cl)c(C)c2)c(F)cc1-n1c(=O)ccc2cc(S(=O)(=O)Cc3ccon3)ccc21. The van der Waals surface area contributed by atoms with Crippen LogP contribution in [0.1, 0.15) is 11.3 Å². The molecule has 0 radical (unpaired) electrons. The number of fused-ring (bicyclic) bond motifs is 1. The van der Waals surface area contributed by atoms with Crippen LogP contribution in [0.4, 0.5) is 4.39 Å². The van der Waals surface area contributed by atoms with E-state index in [1.807, 2.05) is 6.92 Å². The van der Waals surface area contributed by atoms with Crippen LogP contribution in [0, 0.1) is 12.7 Å². The van der Waals surface area contributed by atoms with Gasteiger partial charge in [-0.1, -0.05) is 22.8 Å². The van der Waals surface area contributed by atoms with Crippen LogP contribution >= 0.6 is 11.6 Å². The van der Waals surface area contributed by atoms with E-state index < -0.39 is 21.2 Å². The van der Waals surface area contributed by atoms with Crippen LogP contribution in [0.3, 0.4) is 0 Å². The Bertz CT molecular complexity index is 1820. The van der Waals surface area contributed by atoms with E-state index in [0.717, 1.165) is 5.56 Å². The van der Waals surface area contributed by atoms with E-state index >= 15 is 4.39 Å². The van der Waals surface area contributed by atoms with Gasteiger partial charge in [-0.3, -0.25) is 9.36 Å².